The molecule has 2 N–H and O–H groups in total. The Hall–Kier alpha value is -2.00. The van der Waals surface area contributed by atoms with Crippen LogP contribution >= 0.6 is 0 Å². The third-order valence-electron chi connectivity index (χ3n) is 3.55. The molecule has 0 aromatic heterocycles. The van der Waals surface area contributed by atoms with E-state index in [0.717, 1.165) is 25.3 Å². The lowest BCUT2D eigenvalue weighted by molar-refractivity contribution is 0.409. The third-order valence-corrected chi connectivity index (χ3v) is 3.55. The molecule has 112 valence electrons. The van der Waals surface area contributed by atoms with E-state index in [9.17, 15) is 0 Å². The van der Waals surface area contributed by atoms with Crippen LogP contribution in [0.5, 0.6) is 5.75 Å². The van der Waals surface area contributed by atoms with Crippen molar-refractivity contribution in [3.05, 3.63) is 59.7 Å². The highest BCUT2D eigenvalue weighted by Crippen LogP contribution is 2.24. The van der Waals surface area contributed by atoms with E-state index < -0.39 is 0 Å². The Kier molecular flexibility index (Phi) is 5.64. The van der Waals surface area contributed by atoms with Crippen LogP contribution in [0.15, 0.2) is 48.5 Å². The zero-order valence-electron chi connectivity index (χ0n) is 12.9. The maximum Gasteiger partial charge on any atom is 0.123 e. The summed E-state index contributed by atoms with van der Waals surface area (Å²) in [6.45, 7) is 4.58. The molecule has 0 bridgehead atoms. The molecule has 0 amide bonds. The monoisotopic (exact) mass is 284 g/mol. The minimum Gasteiger partial charge on any atom is -0.496 e. The van der Waals surface area contributed by atoms with Gasteiger partial charge in [0.05, 0.1) is 7.11 Å². The molecule has 0 fully saturated rings. The number of anilines is 1. The van der Waals surface area contributed by atoms with Gasteiger partial charge >= 0.3 is 0 Å². The highest BCUT2D eigenvalue weighted by atomic mass is 16.5. The van der Waals surface area contributed by atoms with Crippen LogP contribution in [0.2, 0.25) is 0 Å². The largest absolute Gasteiger partial charge is 0.496 e. The number of nitrogens with two attached hydrogens (primary N) is 1. The number of hydrogen-bond donors (Lipinski definition) is 1. The van der Waals surface area contributed by atoms with Gasteiger partial charge in [-0.15, -0.1) is 0 Å². The summed E-state index contributed by atoms with van der Waals surface area (Å²) in [4.78, 5) is 2.35. The van der Waals surface area contributed by atoms with Crippen LogP contribution in [0, 0.1) is 6.92 Å². The lowest BCUT2D eigenvalue weighted by Crippen LogP contribution is -2.25. The van der Waals surface area contributed by atoms with Gasteiger partial charge in [0.15, 0.2) is 0 Å². The van der Waals surface area contributed by atoms with Crippen molar-refractivity contribution >= 4 is 5.69 Å². The van der Waals surface area contributed by atoms with Crippen molar-refractivity contribution in [2.45, 2.75) is 19.9 Å². The van der Waals surface area contributed by atoms with Crippen LogP contribution in [0.1, 0.15) is 17.5 Å². The van der Waals surface area contributed by atoms with E-state index in [1.807, 2.05) is 12.1 Å². The number of aryl methyl sites for hydroxylation is 1. The number of hydrogen-bond acceptors (Lipinski definition) is 3. The summed E-state index contributed by atoms with van der Waals surface area (Å²) in [7, 11) is 1.72. The predicted molar refractivity (Wildman–Crippen MR) is 88.9 cm³/mol. The molecule has 0 radical (unpaired) electrons. The minimum absolute atomic E-state index is 0.703. The molecule has 0 atom stereocenters. The van der Waals surface area contributed by atoms with E-state index >= 15 is 0 Å². The van der Waals surface area contributed by atoms with E-state index in [1.54, 1.807) is 7.11 Å². The second-order valence-electron chi connectivity index (χ2n) is 5.21. The van der Waals surface area contributed by atoms with Crippen LogP contribution < -0.4 is 15.4 Å². The van der Waals surface area contributed by atoms with Gasteiger partial charge < -0.3 is 15.4 Å². The van der Waals surface area contributed by atoms with E-state index in [2.05, 4.69) is 48.2 Å². The number of rotatable bonds is 7. The fraction of sp³-hybridized carbons (Fsp3) is 0.333. The van der Waals surface area contributed by atoms with Gasteiger partial charge in [0.2, 0.25) is 0 Å². The fourth-order valence-corrected chi connectivity index (χ4v) is 2.46. The average Bonchev–Trinajstić information content (AvgIpc) is 2.52. The molecule has 0 aliphatic heterocycles. The zero-order valence-corrected chi connectivity index (χ0v) is 12.9. The maximum atomic E-state index is 5.68. The molecule has 3 heteroatoms. The van der Waals surface area contributed by atoms with Crippen LogP contribution in [-0.4, -0.2) is 20.2 Å². The molecule has 2 aromatic rings. The van der Waals surface area contributed by atoms with Crippen molar-refractivity contribution in [1.82, 2.24) is 0 Å². The Morgan fingerprint density at radius 2 is 1.86 bits per heavy atom. The van der Waals surface area contributed by atoms with Crippen LogP contribution in [0.3, 0.4) is 0 Å². The Morgan fingerprint density at radius 1 is 1.10 bits per heavy atom. The van der Waals surface area contributed by atoms with Crippen LogP contribution in [0.4, 0.5) is 5.69 Å². The Balaban J connectivity index is 2.24. The first-order chi connectivity index (χ1) is 10.2. The molecule has 2 aromatic carbocycles. The fourth-order valence-electron chi connectivity index (χ4n) is 2.46. The second kappa shape index (κ2) is 7.70. The topological polar surface area (TPSA) is 38.5 Å². The summed E-state index contributed by atoms with van der Waals surface area (Å²) >= 11 is 0. The summed E-state index contributed by atoms with van der Waals surface area (Å²) in [5, 5.41) is 0. The summed E-state index contributed by atoms with van der Waals surface area (Å²) < 4.78 is 5.49. The summed E-state index contributed by atoms with van der Waals surface area (Å²) in [6, 6.07) is 16.8. The van der Waals surface area contributed by atoms with Gasteiger partial charge in [-0.3, -0.25) is 0 Å². The highest BCUT2D eigenvalue weighted by Gasteiger charge is 2.10. The molecular weight excluding hydrogens is 260 g/mol. The van der Waals surface area contributed by atoms with Gasteiger partial charge in [0, 0.05) is 24.3 Å². The number of nitrogens with zero attached hydrogens (tertiary/aromatic N) is 1. The van der Waals surface area contributed by atoms with Crippen molar-refractivity contribution in [2.75, 3.05) is 25.1 Å². The van der Waals surface area contributed by atoms with Crippen LogP contribution in [-0.2, 0) is 6.54 Å². The molecule has 0 unspecified atom stereocenters. The van der Waals surface area contributed by atoms with Crippen molar-refractivity contribution in [3.8, 4) is 5.75 Å². The average molecular weight is 284 g/mol. The quantitative estimate of drug-likeness (QED) is 0.847. The first kappa shape index (κ1) is 15.4. The number of benzene rings is 2. The third kappa shape index (κ3) is 4.23. The highest BCUT2D eigenvalue weighted by molar-refractivity contribution is 5.48. The maximum absolute atomic E-state index is 5.68. The standard InChI is InChI=1S/C18H24N2O/c1-15-9-10-18(21-2)16(13-15)14-20(12-6-11-19)17-7-4-3-5-8-17/h3-5,7-10,13H,6,11-12,14,19H2,1-2H3. The summed E-state index contributed by atoms with van der Waals surface area (Å²) in [5.41, 5.74) is 9.35. The van der Waals surface area contributed by atoms with Gasteiger partial charge in [-0.25, -0.2) is 0 Å². The molecule has 3 nitrogen and oxygen atoms in total. The van der Waals surface area contributed by atoms with Crippen molar-refractivity contribution in [3.63, 3.8) is 0 Å². The molecule has 2 rings (SSSR count). The van der Waals surface area contributed by atoms with E-state index in [-0.39, 0.29) is 0 Å². The van der Waals surface area contributed by atoms with Gasteiger partial charge in [0.1, 0.15) is 5.75 Å². The number of para-hydroxylation sites is 1. The van der Waals surface area contributed by atoms with E-state index in [4.69, 9.17) is 10.5 Å². The first-order valence-corrected chi connectivity index (χ1v) is 7.38. The van der Waals surface area contributed by atoms with Gasteiger partial charge in [-0.1, -0.05) is 35.9 Å². The normalized spacial score (nSPS) is 10.4. The SMILES string of the molecule is COc1ccc(C)cc1CN(CCCN)c1ccccc1. The lowest BCUT2D eigenvalue weighted by Gasteiger charge is -2.26. The molecule has 0 spiro atoms. The summed E-state index contributed by atoms with van der Waals surface area (Å²) in [6.07, 6.45) is 0.975. The molecule has 21 heavy (non-hydrogen) atoms. The van der Waals surface area contributed by atoms with Gasteiger partial charge in [-0.05, 0) is 38.1 Å². The lowest BCUT2D eigenvalue weighted by atomic mass is 10.1. The Morgan fingerprint density at radius 3 is 2.52 bits per heavy atom. The first-order valence-electron chi connectivity index (χ1n) is 7.38. The van der Waals surface area contributed by atoms with Crippen molar-refractivity contribution < 1.29 is 4.74 Å². The molecule has 0 saturated heterocycles. The minimum atomic E-state index is 0.703. The van der Waals surface area contributed by atoms with Crippen LogP contribution in [0.25, 0.3) is 0 Å². The molecule has 0 aliphatic rings. The van der Waals surface area contributed by atoms with Gasteiger partial charge in [-0.2, -0.15) is 0 Å². The molecule has 0 heterocycles. The summed E-state index contributed by atoms with van der Waals surface area (Å²) in [5.74, 6) is 0.939. The number of methoxy groups -OCH3 is 1. The van der Waals surface area contributed by atoms with Crippen molar-refractivity contribution in [1.29, 1.82) is 0 Å². The molecule has 0 aliphatic carbocycles. The van der Waals surface area contributed by atoms with E-state index in [0.29, 0.717) is 6.54 Å². The van der Waals surface area contributed by atoms with E-state index in [1.165, 1.54) is 16.8 Å². The molecule has 0 saturated carbocycles. The zero-order chi connectivity index (χ0) is 15.1. The predicted octanol–water partition coefficient (Wildman–Crippen LogP) is 3.36. The Labute approximate surface area is 127 Å². The van der Waals surface area contributed by atoms with Gasteiger partial charge in [0.25, 0.3) is 0 Å². The smallest absolute Gasteiger partial charge is 0.123 e. The number of ether oxygens (including phenoxy) is 1. The Bertz CT molecular complexity index is 554. The molecular formula is C18H24N2O. The second-order valence-corrected chi connectivity index (χ2v) is 5.21. The van der Waals surface area contributed by atoms with Crippen molar-refractivity contribution in [2.24, 2.45) is 5.73 Å².